The molecule has 552 valence electrons. The number of likely N-dealkylation sites (tertiary alicyclic amines) is 4. The Kier molecular flexibility index (Phi) is 33.0. The molecule has 0 saturated carbocycles. The molecule has 4 saturated heterocycles. The van der Waals surface area contributed by atoms with Gasteiger partial charge in [0.15, 0.2) is 0 Å². The standard InChI is InChI=1S/C64H84N4O28S4.4Na/c69-53-37-25-38(54(70)45(53)29-65-17-5-1-9-49(65)61(77)78)34(14-22-98(88,89)90)40-27-42(58(74)47(56(40)72)31-67-19-7-3-11-51(67)63(81)82)36(16-24-100(94,95)96)44-28-43(59(75)48(60(44)76)32-68-20-8-4-12-52(68)64(83)84)35(15-23-99(91,92)93)41-26-39(33(37)13-21-97(85,86)87)55(71)46(57(41)73)30-66-18-6-2-10-50(66)62(79)80;;;;/h25-28,33-36,49-52,69-76H,1-24,29-32H2,(H,77,78)(H,79,80)(H,81,82)(H,83,84)(H,85,86,87)(H,88,89,90)(H,91,92,93)(H,94,95,96);;;;/q;4*+1/p-4/t33?,34?,35?,36?,49-,50-,51-,52-;;;;/m0..../s1. The van der Waals surface area contributed by atoms with E-state index in [-0.39, 0.29) is 177 Å². The molecule has 8 bridgehead atoms. The minimum absolute atomic E-state index is 0. The first-order chi connectivity index (χ1) is 46.7. The molecule has 4 aliphatic heterocycles. The van der Waals surface area contributed by atoms with Crippen LogP contribution in [-0.2, 0) is 85.8 Å². The Bertz CT molecular complexity index is 3670. The quantitative estimate of drug-likeness (QED) is 0.0229. The predicted molar refractivity (Wildman–Crippen MR) is 344 cm³/mol. The van der Waals surface area contributed by atoms with E-state index in [1.54, 1.807) is 0 Å². The summed E-state index contributed by atoms with van der Waals surface area (Å²) in [5.74, 6) is -29.3. The molecule has 32 nitrogen and oxygen atoms in total. The Morgan fingerprint density at radius 3 is 0.750 bits per heavy atom. The molecule has 1 aliphatic carbocycles. The summed E-state index contributed by atoms with van der Waals surface area (Å²) in [7, 11) is -21.0. The van der Waals surface area contributed by atoms with Gasteiger partial charge in [0.25, 0.3) is 40.5 Å². The van der Waals surface area contributed by atoms with Crippen LogP contribution in [0.1, 0.15) is 193 Å². The predicted octanol–water partition coefficient (Wildman–Crippen LogP) is -9.47. The number of nitrogens with zero attached hydrogens (tertiary/aromatic N) is 4. The summed E-state index contributed by atoms with van der Waals surface area (Å²) in [4.78, 5) is 56.9. The Morgan fingerprint density at radius 1 is 0.327 bits per heavy atom. The van der Waals surface area contributed by atoms with E-state index < -0.39 is 300 Å². The summed E-state index contributed by atoms with van der Waals surface area (Å²) < 4.78 is 148. The summed E-state index contributed by atoms with van der Waals surface area (Å²) in [6.45, 7) is -3.71. The molecule has 9 rings (SSSR count). The monoisotopic (exact) mass is 1570 g/mol. The van der Waals surface area contributed by atoms with E-state index in [9.17, 15) is 112 Å². The molecule has 0 radical (unpaired) electrons. The summed E-state index contributed by atoms with van der Waals surface area (Å²) in [5.41, 5.74) is -8.89. The summed E-state index contributed by atoms with van der Waals surface area (Å²) in [5, 5.41) is 158. The second kappa shape index (κ2) is 37.6. The molecule has 40 heteroatoms. The van der Waals surface area contributed by atoms with E-state index in [1.807, 2.05) is 0 Å². The molecule has 0 aromatic heterocycles. The van der Waals surface area contributed by atoms with Gasteiger partial charge in [0.2, 0.25) is 0 Å². The van der Waals surface area contributed by atoms with E-state index in [4.69, 9.17) is 0 Å². The van der Waals surface area contributed by atoms with Crippen LogP contribution in [0.3, 0.4) is 0 Å². The van der Waals surface area contributed by atoms with Crippen molar-refractivity contribution in [2.45, 2.75) is 177 Å². The second-order valence-corrected chi connectivity index (χ2v) is 32.9. The van der Waals surface area contributed by atoms with E-state index >= 15 is 20.4 Å². The third-order valence-electron chi connectivity index (χ3n) is 20.3. The fourth-order valence-electron chi connectivity index (χ4n) is 15.3. The van der Waals surface area contributed by atoms with Gasteiger partial charge in [0.05, 0.1) is 28.6 Å². The number of carbonyl (C=O) groups is 4. The van der Waals surface area contributed by atoms with Crippen LogP contribution in [0.5, 0.6) is 46.0 Å². The van der Waals surface area contributed by atoms with Gasteiger partial charge >= 0.3 is 142 Å². The number of carboxylic acids is 4. The van der Waals surface area contributed by atoms with Gasteiger partial charge in [-0.1, -0.05) is 55.4 Å². The first-order valence-corrected chi connectivity index (χ1v) is 39.1. The van der Waals surface area contributed by atoms with E-state index in [1.165, 1.54) is 19.6 Å². The van der Waals surface area contributed by atoms with Crippen molar-refractivity contribution in [1.82, 2.24) is 19.6 Å². The Labute approximate surface area is 690 Å². The zero-order valence-corrected chi connectivity index (χ0v) is 69.3. The van der Waals surface area contributed by atoms with Crippen molar-refractivity contribution in [2.75, 3.05) is 49.2 Å². The Morgan fingerprint density at radius 2 is 0.519 bits per heavy atom. The maximum absolute atomic E-state index is 16.0. The molecule has 4 fully saturated rings. The molecule has 4 aromatic rings. The fourth-order valence-corrected chi connectivity index (χ4v) is 17.5. The average molecular weight is 1570 g/mol. The molecular formula is C64H80N4Na4O28S4. The number of fused-ring (bicyclic) bond motifs is 8. The number of rotatable bonds is 24. The smallest absolute Gasteiger partial charge is 0.872 e. The zero-order valence-electron chi connectivity index (χ0n) is 58.0. The van der Waals surface area contributed by atoms with Crippen LogP contribution in [0.15, 0.2) is 24.3 Å². The van der Waals surface area contributed by atoms with Crippen LogP contribution in [0, 0.1) is 0 Å². The molecule has 104 heavy (non-hydrogen) atoms. The van der Waals surface area contributed by atoms with Crippen molar-refractivity contribution in [1.29, 1.82) is 0 Å². The number of hydrogen-bond donors (Lipinski definition) is 12. The van der Waals surface area contributed by atoms with Gasteiger partial charge in [-0.25, -0.2) is 0 Å². The third kappa shape index (κ3) is 21.6. The van der Waals surface area contributed by atoms with Gasteiger partial charge in [0, 0.05) is 83.2 Å². The van der Waals surface area contributed by atoms with Gasteiger partial charge in [-0.05, 0) is 137 Å². The molecule has 5 aliphatic rings. The van der Waals surface area contributed by atoms with Crippen molar-refractivity contribution in [3.8, 4) is 46.0 Å². The van der Waals surface area contributed by atoms with E-state index in [0.29, 0.717) is 44.9 Å². The number of aliphatic carboxylic acids is 4. The van der Waals surface area contributed by atoms with Gasteiger partial charge in [0.1, 0.15) is 47.2 Å². The van der Waals surface area contributed by atoms with Gasteiger partial charge in [-0.3, -0.25) is 57.0 Å². The van der Waals surface area contributed by atoms with Gasteiger partial charge < -0.3 is 61.3 Å². The van der Waals surface area contributed by atoms with Crippen LogP contribution in [0.25, 0.3) is 0 Å². The molecule has 12 N–H and O–H groups in total. The Hall–Kier alpha value is -3.36. The van der Waals surface area contributed by atoms with Crippen LogP contribution in [0.2, 0.25) is 0 Å². The number of carboxylic acid groups (broad SMARTS) is 4. The normalized spacial score (nSPS) is 22.3. The van der Waals surface area contributed by atoms with Gasteiger partial charge in [-0.2, -0.15) is 33.7 Å². The van der Waals surface area contributed by atoms with E-state index in [2.05, 4.69) is 0 Å². The van der Waals surface area contributed by atoms with Crippen molar-refractivity contribution >= 4 is 64.3 Å². The van der Waals surface area contributed by atoms with Gasteiger partial charge in [-0.15, -0.1) is 11.5 Å². The van der Waals surface area contributed by atoms with Crippen LogP contribution in [0.4, 0.5) is 0 Å². The second-order valence-electron chi connectivity index (χ2n) is 26.6. The minimum Gasteiger partial charge on any atom is -0.872 e. The van der Waals surface area contributed by atoms with Crippen LogP contribution >= 0.6 is 0 Å². The SMILES string of the molecule is O=C(O)[C@@H]1CCCCN1Cc1c([O-])c2cc(c1[O-])C(CCS(=O)(=O)O)c1cc(c([O-])c(CN3CCCC[C@H]3C(=O)O)c1O)C(CCS(=O)(=O)O)c1cc(c(O)c(CN3CCCC[C@H]3C(=O)O)c1O)C(CCS(=O)(=O)O)c1cc(c(O)c(CN3CCCC[C@H]3C(=O)O)c1[O-])C2CCS(=O)(=O)O.[Na+].[Na+].[Na+].[Na+]. The van der Waals surface area contributed by atoms with Crippen molar-refractivity contribution < 1.29 is 251 Å². The van der Waals surface area contributed by atoms with Crippen molar-refractivity contribution in [3.63, 3.8) is 0 Å². The molecule has 4 aromatic carbocycles. The number of piperidine rings is 4. The fraction of sp³-hybridized carbons (Fsp3) is 0.562. The molecule has 8 atom stereocenters. The number of hydrogen-bond acceptors (Lipinski definition) is 24. The number of phenolic OH excluding ortho intramolecular Hbond substituents is 4. The molecule has 0 spiro atoms. The maximum Gasteiger partial charge on any atom is 1.00 e. The maximum atomic E-state index is 16.0. The van der Waals surface area contributed by atoms with Crippen molar-refractivity contribution in [3.05, 3.63) is 91.0 Å². The average Bonchev–Trinajstić information content (AvgIpc) is 0.737. The molecular weight excluding hydrogens is 1490 g/mol. The molecule has 0 amide bonds. The number of benzene rings is 4. The molecule has 4 heterocycles. The van der Waals surface area contributed by atoms with Crippen LogP contribution < -0.4 is 139 Å². The Balaban J connectivity index is 0.00000486. The summed E-state index contributed by atoms with van der Waals surface area (Å²) in [6, 6.07) is -2.29. The summed E-state index contributed by atoms with van der Waals surface area (Å²) in [6.07, 6.45) is -1.84. The van der Waals surface area contributed by atoms with Crippen molar-refractivity contribution in [2.24, 2.45) is 0 Å². The minimum atomic E-state index is -5.25. The topological polar surface area (TPSA) is 553 Å². The largest absolute Gasteiger partial charge is 1.00 e. The van der Waals surface area contributed by atoms with Crippen LogP contribution in [-0.4, -0.2) is 210 Å². The number of aromatic hydroxyl groups is 4. The van der Waals surface area contributed by atoms with E-state index in [0.717, 1.165) is 24.3 Å². The third-order valence-corrected chi connectivity index (χ3v) is 23.3. The number of phenols is 4. The first kappa shape index (κ1) is 91.3. The zero-order chi connectivity index (χ0) is 73.4. The first-order valence-electron chi connectivity index (χ1n) is 32.7. The summed E-state index contributed by atoms with van der Waals surface area (Å²) >= 11 is 0. The molecule has 4 unspecified atom stereocenters.